The van der Waals surface area contributed by atoms with Crippen LogP contribution in [0.25, 0.3) is 11.3 Å². The van der Waals surface area contributed by atoms with Gasteiger partial charge < -0.3 is 0 Å². The maximum absolute atomic E-state index is 13.9. The third-order valence-corrected chi connectivity index (χ3v) is 8.80. The number of aromatic nitrogens is 2. The molecule has 2 aromatic carbocycles. The van der Waals surface area contributed by atoms with Gasteiger partial charge in [-0.3, -0.25) is 9.10 Å². The molecule has 6 nitrogen and oxygen atoms in total. The number of rotatable bonds is 5. The molecular weight excluding hydrogens is 434 g/mol. The van der Waals surface area contributed by atoms with Crippen molar-refractivity contribution in [1.29, 1.82) is 0 Å². The molecule has 1 aliphatic carbocycles. The predicted octanol–water partition coefficient (Wildman–Crippen LogP) is 4.12. The van der Waals surface area contributed by atoms with Gasteiger partial charge in [0.15, 0.2) is 0 Å². The first-order valence-electron chi connectivity index (χ1n) is 11.8. The molecule has 0 fully saturated rings. The summed E-state index contributed by atoms with van der Waals surface area (Å²) >= 11 is 0. The minimum Gasteiger partial charge on any atom is -0.267 e. The van der Waals surface area contributed by atoms with E-state index in [1.54, 1.807) is 6.07 Å². The van der Waals surface area contributed by atoms with Gasteiger partial charge in [0, 0.05) is 24.2 Å². The fraction of sp³-hybridized carbons (Fsp3) is 0.385. The molecule has 1 aromatic heterocycles. The van der Waals surface area contributed by atoms with E-state index < -0.39 is 10.0 Å². The fourth-order valence-electron chi connectivity index (χ4n) is 5.14. The lowest BCUT2D eigenvalue weighted by atomic mass is 9.89. The molecule has 5 rings (SSSR count). The van der Waals surface area contributed by atoms with Gasteiger partial charge in [-0.25, -0.2) is 13.1 Å². The number of hydrogen-bond acceptors (Lipinski definition) is 4. The average Bonchev–Trinajstić information content (AvgIpc) is 3.29. The highest BCUT2D eigenvalue weighted by Crippen LogP contribution is 2.36. The molecule has 33 heavy (non-hydrogen) atoms. The van der Waals surface area contributed by atoms with Crippen LogP contribution in [0.15, 0.2) is 52.2 Å². The molecule has 2 aliphatic rings. The summed E-state index contributed by atoms with van der Waals surface area (Å²) in [5.74, 6) is 0. The number of hydrogen-bond donors (Lipinski definition) is 0. The van der Waals surface area contributed by atoms with Gasteiger partial charge in [0.25, 0.3) is 15.6 Å². The highest BCUT2D eigenvalue weighted by Gasteiger charge is 2.32. The van der Waals surface area contributed by atoms with Crippen molar-refractivity contribution in [2.24, 2.45) is 0 Å². The van der Waals surface area contributed by atoms with Crippen LogP contribution in [0.4, 0.5) is 5.69 Å². The van der Waals surface area contributed by atoms with Crippen LogP contribution < -0.4 is 9.86 Å². The smallest absolute Gasteiger partial charge is 0.267 e. The first-order chi connectivity index (χ1) is 16.0. The van der Waals surface area contributed by atoms with Crippen molar-refractivity contribution < 1.29 is 8.42 Å². The standard InChI is InChI=1S/C26H29N3O3S/c1-3-18-13-14-20(25-21-10-6-7-11-22(21)26(30)28(4-2)27-25)17-24(18)33(31,32)29-16-15-19-9-5-8-12-23(19)29/h5,8-9,12-14,17H,3-4,6-7,10-11,15-16H2,1-2H3. The highest BCUT2D eigenvalue weighted by atomic mass is 32.2. The minimum atomic E-state index is -3.73. The summed E-state index contributed by atoms with van der Waals surface area (Å²) in [4.78, 5) is 13.2. The van der Waals surface area contributed by atoms with Crippen LogP contribution in [0, 0.1) is 0 Å². The van der Waals surface area contributed by atoms with Gasteiger partial charge in [0.2, 0.25) is 0 Å². The van der Waals surface area contributed by atoms with E-state index in [2.05, 4.69) is 5.10 Å². The van der Waals surface area contributed by atoms with Gasteiger partial charge in [0.1, 0.15) is 0 Å². The topological polar surface area (TPSA) is 72.3 Å². The van der Waals surface area contributed by atoms with E-state index in [1.807, 2.05) is 50.2 Å². The molecule has 0 radical (unpaired) electrons. The summed E-state index contributed by atoms with van der Waals surface area (Å²) in [6.45, 7) is 4.82. The Bertz CT molecular complexity index is 1390. The normalized spacial score (nSPS) is 15.4. The SMILES string of the molecule is CCc1ccc(-c2nn(CC)c(=O)c3c2CCCC3)cc1S(=O)(=O)N1CCc2ccccc21. The number of nitrogens with zero attached hydrogens (tertiary/aromatic N) is 3. The second-order valence-electron chi connectivity index (χ2n) is 8.77. The van der Waals surface area contributed by atoms with Crippen LogP contribution in [0.3, 0.4) is 0 Å². The Labute approximate surface area is 194 Å². The quantitative estimate of drug-likeness (QED) is 0.571. The zero-order chi connectivity index (χ0) is 23.2. The van der Waals surface area contributed by atoms with Crippen LogP contribution in [0.2, 0.25) is 0 Å². The van der Waals surface area contributed by atoms with Gasteiger partial charge in [-0.05, 0) is 74.3 Å². The summed E-state index contributed by atoms with van der Waals surface area (Å²) in [6, 6.07) is 13.3. The van der Waals surface area contributed by atoms with Crippen molar-refractivity contribution in [3.8, 4) is 11.3 Å². The largest absolute Gasteiger partial charge is 0.270 e. The van der Waals surface area contributed by atoms with Gasteiger partial charge >= 0.3 is 0 Å². The average molecular weight is 464 g/mol. The number of sulfonamides is 1. The van der Waals surface area contributed by atoms with Crippen molar-refractivity contribution in [1.82, 2.24) is 9.78 Å². The zero-order valence-electron chi connectivity index (χ0n) is 19.2. The predicted molar refractivity (Wildman–Crippen MR) is 130 cm³/mol. The van der Waals surface area contributed by atoms with E-state index >= 15 is 0 Å². The highest BCUT2D eigenvalue weighted by molar-refractivity contribution is 7.93. The summed E-state index contributed by atoms with van der Waals surface area (Å²) in [6.07, 6.45) is 4.90. The number of fused-ring (bicyclic) bond motifs is 2. The Hall–Kier alpha value is -2.93. The van der Waals surface area contributed by atoms with Crippen LogP contribution in [-0.2, 0) is 42.3 Å². The monoisotopic (exact) mass is 463 g/mol. The van der Waals surface area contributed by atoms with E-state index in [-0.39, 0.29) is 5.56 Å². The number of para-hydroxylation sites is 1. The van der Waals surface area contributed by atoms with E-state index in [0.29, 0.717) is 30.8 Å². The van der Waals surface area contributed by atoms with Crippen molar-refractivity contribution in [3.63, 3.8) is 0 Å². The number of aryl methyl sites for hydroxylation is 2. The molecule has 0 spiro atoms. The minimum absolute atomic E-state index is 0.0114. The van der Waals surface area contributed by atoms with Crippen LogP contribution >= 0.6 is 0 Å². The summed E-state index contributed by atoms with van der Waals surface area (Å²) < 4.78 is 30.8. The second-order valence-corrected chi connectivity index (χ2v) is 10.6. The van der Waals surface area contributed by atoms with Crippen LogP contribution in [0.5, 0.6) is 0 Å². The van der Waals surface area contributed by atoms with E-state index in [1.165, 1.54) is 8.99 Å². The second kappa shape index (κ2) is 8.45. The Morgan fingerprint density at radius 3 is 2.48 bits per heavy atom. The Balaban J connectivity index is 1.68. The van der Waals surface area contributed by atoms with Gasteiger partial charge in [0.05, 0.1) is 16.3 Å². The molecule has 0 saturated heterocycles. The molecule has 172 valence electrons. The summed E-state index contributed by atoms with van der Waals surface area (Å²) in [5.41, 5.74) is 5.93. The molecule has 2 heterocycles. The fourth-order valence-corrected chi connectivity index (χ4v) is 6.97. The van der Waals surface area contributed by atoms with Gasteiger partial charge in [-0.1, -0.05) is 37.3 Å². The van der Waals surface area contributed by atoms with Gasteiger partial charge in [-0.15, -0.1) is 0 Å². The van der Waals surface area contributed by atoms with E-state index in [9.17, 15) is 13.2 Å². The van der Waals surface area contributed by atoms with Crippen molar-refractivity contribution >= 4 is 15.7 Å². The lowest BCUT2D eigenvalue weighted by Crippen LogP contribution is -2.30. The maximum Gasteiger partial charge on any atom is 0.270 e. The van der Waals surface area contributed by atoms with E-state index in [4.69, 9.17) is 0 Å². The maximum atomic E-state index is 13.9. The Morgan fingerprint density at radius 2 is 1.73 bits per heavy atom. The third kappa shape index (κ3) is 3.59. The van der Waals surface area contributed by atoms with Crippen LogP contribution in [-0.4, -0.2) is 24.7 Å². The molecule has 7 heteroatoms. The van der Waals surface area contributed by atoms with Gasteiger partial charge in [-0.2, -0.15) is 5.10 Å². The molecule has 0 saturated carbocycles. The first kappa shape index (κ1) is 21.9. The molecule has 0 amide bonds. The Morgan fingerprint density at radius 1 is 0.970 bits per heavy atom. The molecule has 3 aromatic rings. The zero-order valence-corrected chi connectivity index (χ0v) is 20.0. The summed E-state index contributed by atoms with van der Waals surface area (Å²) in [5, 5.41) is 4.68. The lowest BCUT2D eigenvalue weighted by Gasteiger charge is -2.23. The molecule has 0 atom stereocenters. The Kier molecular flexibility index (Phi) is 5.60. The summed E-state index contributed by atoms with van der Waals surface area (Å²) in [7, 11) is -3.73. The van der Waals surface area contributed by atoms with Crippen molar-refractivity contribution in [2.45, 2.75) is 63.8 Å². The van der Waals surface area contributed by atoms with Crippen molar-refractivity contribution in [2.75, 3.05) is 10.8 Å². The first-order valence-corrected chi connectivity index (χ1v) is 13.3. The van der Waals surface area contributed by atoms with Crippen molar-refractivity contribution in [3.05, 3.63) is 75.1 Å². The van der Waals surface area contributed by atoms with Crippen LogP contribution in [0.1, 0.15) is 48.9 Å². The third-order valence-electron chi connectivity index (χ3n) is 6.90. The lowest BCUT2D eigenvalue weighted by molar-refractivity contribution is 0.581. The molecule has 0 unspecified atom stereocenters. The molecule has 0 bridgehead atoms. The number of anilines is 1. The molecule has 1 aliphatic heterocycles. The molecular formula is C26H29N3O3S. The van der Waals surface area contributed by atoms with E-state index in [0.717, 1.165) is 64.9 Å². The molecule has 0 N–H and O–H groups in total. The number of benzene rings is 2.